The van der Waals surface area contributed by atoms with Crippen LogP contribution in [0.3, 0.4) is 0 Å². The van der Waals surface area contributed by atoms with Crippen molar-refractivity contribution < 1.29 is 9.13 Å². The van der Waals surface area contributed by atoms with Crippen molar-refractivity contribution in [3.8, 4) is 5.75 Å². The summed E-state index contributed by atoms with van der Waals surface area (Å²) in [7, 11) is 1.63. The third kappa shape index (κ3) is 2.19. The van der Waals surface area contributed by atoms with Gasteiger partial charge in [0.05, 0.1) is 7.11 Å². The van der Waals surface area contributed by atoms with Crippen LogP contribution in [-0.4, -0.2) is 25.9 Å². The summed E-state index contributed by atoms with van der Waals surface area (Å²) in [5.74, 6) is 0.704. The number of halogens is 1. The molecule has 2 atom stereocenters. The first-order valence-electron chi connectivity index (χ1n) is 5.67. The maximum Gasteiger partial charge on any atom is 0.119 e. The maximum atomic E-state index is 14.4. The lowest BCUT2D eigenvalue weighted by molar-refractivity contribution is 0.110. The molecule has 0 aliphatic carbocycles. The van der Waals surface area contributed by atoms with E-state index < -0.39 is 5.67 Å². The van der Waals surface area contributed by atoms with Gasteiger partial charge in [0.1, 0.15) is 11.4 Å². The average Bonchev–Trinajstić information content (AvgIpc) is 2.28. The zero-order valence-electron chi connectivity index (χ0n) is 9.79. The molecule has 1 fully saturated rings. The zero-order chi connectivity index (χ0) is 11.6. The van der Waals surface area contributed by atoms with Crippen molar-refractivity contribution in [1.29, 1.82) is 0 Å². The molecule has 0 aromatic heterocycles. The summed E-state index contributed by atoms with van der Waals surface area (Å²) in [5.41, 5.74) is -0.117. The van der Waals surface area contributed by atoms with Crippen molar-refractivity contribution >= 4 is 0 Å². The highest BCUT2D eigenvalue weighted by molar-refractivity contribution is 5.33. The quantitative estimate of drug-likeness (QED) is 0.831. The van der Waals surface area contributed by atoms with Gasteiger partial charge < -0.3 is 10.1 Å². The lowest BCUT2D eigenvalue weighted by Gasteiger charge is -2.35. The molecule has 2 unspecified atom stereocenters. The van der Waals surface area contributed by atoms with E-state index in [0.29, 0.717) is 13.0 Å². The van der Waals surface area contributed by atoms with Crippen LogP contribution in [0.25, 0.3) is 0 Å². The normalized spacial score (nSPS) is 30.1. The minimum atomic E-state index is -1.13. The van der Waals surface area contributed by atoms with Gasteiger partial charge in [0.25, 0.3) is 0 Å². The van der Waals surface area contributed by atoms with E-state index in [9.17, 15) is 4.39 Å². The first-order valence-corrected chi connectivity index (χ1v) is 5.67. The first kappa shape index (κ1) is 11.4. The Balaban J connectivity index is 2.27. The molecule has 2 rings (SSSR count). The predicted molar refractivity (Wildman–Crippen MR) is 62.7 cm³/mol. The maximum absolute atomic E-state index is 14.4. The summed E-state index contributed by atoms with van der Waals surface area (Å²) in [6, 6.07) is 7.70. The number of rotatable bonds is 2. The van der Waals surface area contributed by atoms with Crippen molar-refractivity contribution in [3.63, 3.8) is 0 Å². The molecule has 1 N–H and O–H groups in total. The van der Waals surface area contributed by atoms with Crippen molar-refractivity contribution in [2.24, 2.45) is 0 Å². The molecule has 1 saturated heterocycles. The summed E-state index contributed by atoms with van der Waals surface area (Å²) in [4.78, 5) is 0. The van der Waals surface area contributed by atoms with Crippen LogP contribution in [-0.2, 0) is 0 Å². The van der Waals surface area contributed by atoms with Gasteiger partial charge >= 0.3 is 0 Å². The first-order chi connectivity index (χ1) is 7.63. The lowest BCUT2D eigenvalue weighted by atomic mass is 9.80. The number of alkyl halides is 1. The van der Waals surface area contributed by atoms with E-state index in [1.165, 1.54) is 0 Å². The van der Waals surface area contributed by atoms with Crippen molar-refractivity contribution in [2.45, 2.75) is 24.9 Å². The Morgan fingerprint density at radius 3 is 3.00 bits per heavy atom. The van der Waals surface area contributed by atoms with Gasteiger partial charge in [-0.15, -0.1) is 0 Å². The fourth-order valence-electron chi connectivity index (χ4n) is 2.29. The van der Waals surface area contributed by atoms with Crippen molar-refractivity contribution in [1.82, 2.24) is 5.32 Å². The van der Waals surface area contributed by atoms with Gasteiger partial charge in [0, 0.05) is 12.5 Å². The molecular weight excluding hydrogens is 205 g/mol. The Morgan fingerprint density at radius 2 is 2.31 bits per heavy atom. The molecule has 16 heavy (non-hydrogen) atoms. The molecular formula is C13H18FNO. The third-order valence-corrected chi connectivity index (χ3v) is 3.36. The number of nitrogens with one attached hydrogen (secondary N) is 1. The Labute approximate surface area is 95.8 Å². The van der Waals surface area contributed by atoms with E-state index in [-0.39, 0.29) is 5.92 Å². The number of methoxy groups -OCH3 is 1. The van der Waals surface area contributed by atoms with E-state index in [0.717, 1.165) is 17.9 Å². The minimum Gasteiger partial charge on any atom is -0.497 e. The molecule has 0 amide bonds. The molecule has 0 spiro atoms. The van der Waals surface area contributed by atoms with Gasteiger partial charge in [0.2, 0.25) is 0 Å². The number of ether oxygens (including phenoxy) is 1. The molecule has 3 heteroatoms. The van der Waals surface area contributed by atoms with Gasteiger partial charge in [-0.2, -0.15) is 0 Å². The number of hydrogen-bond donors (Lipinski definition) is 1. The molecule has 1 aromatic rings. The van der Waals surface area contributed by atoms with Crippen LogP contribution in [0.15, 0.2) is 24.3 Å². The SMILES string of the molecule is COc1cccc(C2CNCCC2(C)F)c1. The molecule has 88 valence electrons. The minimum absolute atomic E-state index is 0.0867. The Bertz CT molecular complexity index is 365. The fourth-order valence-corrected chi connectivity index (χ4v) is 2.29. The molecule has 1 aliphatic rings. The summed E-state index contributed by atoms with van der Waals surface area (Å²) in [5, 5.41) is 3.25. The van der Waals surface area contributed by atoms with Crippen molar-refractivity contribution in [3.05, 3.63) is 29.8 Å². The largest absolute Gasteiger partial charge is 0.497 e. The molecule has 1 heterocycles. The summed E-state index contributed by atoms with van der Waals surface area (Å²) >= 11 is 0. The van der Waals surface area contributed by atoms with Crippen LogP contribution in [0.2, 0.25) is 0 Å². The predicted octanol–water partition coefficient (Wildman–Crippen LogP) is 2.50. The van der Waals surface area contributed by atoms with E-state index in [4.69, 9.17) is 4.74 Å². The monoisotopic (exact) mass is 223 g/mol. The van der Waals surface area contributed by atoms with Crippen molar-refractivity contribution in [2.75, 3.05) is 20.2 Å². The number of hydrogen-bond acceptors (Lipinski definition) is 2. The molecule has 1 aliphatic heterocycles. The molecule has 0 saturated carbocycles. The highest BCUT2D eigenvalue weighted by atomic mass is 19.1. The van der Waals surface area contributed by atoms with Crippen LogP contribution < -0.4 is 10.1 Å². The Morgan fingerprint density at radius 1 is 1.50 bits per heavy atom. The third-order valence-electron chi connectivity index (χ3n) is 3.36. The van der Waals surface area contributed by atoms with Gasteiger partial charge in [-0.3, -0.25) is 0 Å². The van der Waals surface area contributed by atoms with E-state index in [2.05, 4.69) is 5.32 Å². The van der Waals surface area contributed by atoms with E-state index in [1.807, 2.05) is 24.3 Å². The average molecular weight is 223 g/mol. The van der Waals surface area contributed by atoms with Crippen LogP contribution in [0.1, 0.15) is 24.8 Å². The lowest BCUT2D eigenvalue weighted by Crippen LogP contribution is -2.43. The van der Waals surface area contributed by atoms with Crippen LogP contribution in [0.4, 0.5) is 4.39 Å². The Kier molecular flexibility index (Phi) is 3.15. The number of piperidine rings is 1. The highest BCUT2D eigenvalue weighted by Crippen LogP contribution is 2.37. The van der Waals surface area contributed by atoms with E-state index >= 15 is 0 Å². The van der Waals surface area contributed by atoms with Gasteiger partial charge in [0.15, 0.2) is 0 Å². The fraction of sp³-hybridized carbons (Fsp3) is 0.538. The zero-order valence-corrected chi connectivity index (χ0v) is 9.79. The van der Waals surface area contributed by atoms with E-state index in [1.54, 1.807) is 14.0 Å². The molecule has 1 aromatic carbocycles. The molecule has 0 radical (unpaired) electrons. The van der Waals surface area contributed by atoms with Crippen LogP contribution in [0, 0.1) is 0 Å². The van der Waals surface area contributed by atoms with Crippen LogP contribution >= 0.6 is 0 Å². The summed E-state index contributed by atoms with van der Waals surface area (Å²) in [6.45, 7) is 3.14. The Hall–Kier alpha value is -1.09. The second-order valence-electron chi connectivity index (χ2n) is 4.56. The van der Waals surface area contributed by atoms with Gasteiger partial charge in [-0.25, -0.2) is 4.39 Å². The highest BCUT2D eigenvalue weighted by Gasteiger charge is 2.37. The standard InChI is InChI=1S/C13H18FNO/c1-13(14)6-7-15-9-12(13)10-4-3-5-11(8-10)16-2/h3-5,8,12,15H,6-7,9H2,1-2H3. The molecule has 0 bridgehead atoms. The van der Waals surface area contributed by atoms with Gasteiger partial charge in [-0.1, -0.05) is 12.1 Å². The van der Waals surface area contributed by atoms with Crippen LogP contribution in [0.5, 0.6) is 5.75 Å². The summed E-state index contributed by atoms with van der Waals surface area (Å²) < 4.78 is 19.5. The van der Waals surface area contributed by atoms with Gasteiger partial charge in [-0.05, 0) is 37.6 Å². The second-order valence-corrected chi connectivity index (χ2v) is 4.56. The number of benzene rings is 1. The smallest absolute Gasteiger partial charge is 0.119 e. The molecule has 2 nitrogen and oxygen atoms in total. The topological polar surface area (TPSA) is 21.3 Å². The summed E-state index contributed by atoms with van der Waals surface area (Å²) in [6.07, 6.45) is 0.564. The second kappa shape index (κ2) is 4.42.